The minimum atomic E-state index is 0.114. The molecular formula is C14H21N3OS. The van der Waals surface area contributed by atoms with Gasteiger partial charge in [-0.05, 0) is 36.0 Å². The van der Waals surface area contributed by atoms with E-state index >= 15 is 0 Å². The minimum Gasteiger partial charge on any atom is -0.409 e. The van der Waals surface area contributed by atoms with Crippen LogP contribution in [0.1, 0.15) is 24.4 Å². The number of nitrogens with one attached hydrogen (secondary N) is 1. The van der Waals surface area contributed by atoms with Gasteiger partial charge in [-0.3, -0.25) is 0 Å². The van der Waals surface area contributed by atoms with E-state index in [4.69, 9.17) is 10.9 Å². The van der Waals surface area contributed by atoms with Crippen LogP contribution in [0.2, 0.25) is 0 Å². The van der Waals surface area contributed by atoms with Gasteiger partial charge in [-0.2, -0.15) is 11.8 Å². The van der Waals surface area contributed by atoms with Crippen molar-refractivity contribution in [2.45, 2.75) is 18.9 Å². The smallest absolute Gasteiger partial charge is 0.141 e. The van der Waals surface area contributed by atoms with E-state index in [-0.39, 0.29) is 11.9 Å². The Bertz CT molecular complexity index is 404. The number of nitrogens with zero attached hydrogens (tertiary/aromatic N) is 1. The molecule has 0 aromatic heterocycles. The van der Waals surface area contributed by atoms with E-state index in [1.807, 2.05) is 30.0 Å². The summed E-state index contributed by atoms with van der Waals surface area (Å²) in [4.78, 5) is 0. The fourth-order valence-electron chi connectivity index (χ4n) is 2.30. The molecule has 1 fully saturated rings. The Labute approximate surface area is 118 Å². The van der Waals surface area contributed by atoms with E-state index in [2.05, 4.69) is 22.6 Å². The molecule has 2 atom stereocenters. The van der Waals surface area contributed by atoms with Crippen LogP contribution < -0.4 is 11.1 Å². The van der Waals surface area contributed by atoms with E-state index < -0.39 is 0 Å². The Morgan fingerprint density at radius 3 is 2.89 bits per heavy atom. The summed E-state index contributed by atoms with van der Waals surface area (Å²) in [6, 6.07) is 10.3. The monoisotopic (exact) mass is 279 g/mol. The highest BCUT2D eigenvalue weighted by atomic mass is 32.2. The van der Waals surface area contributed by atoms with Crippen molar-refractivity contribution >= 4 is 17.6 Å². The van der Waals surface area contributed by atoms with Crippen molar-refractivity contribution in [2.24, 2.45) is 16.8 Å². The number of benzene rings is 1. The van der Waals surface area contributed by atoms with Crippen LogP contribution in [0.5, 0.6) is 0 Å². The zero-order chi connectivity index (χ0) is 13.5. The lowest BCUT2D eigenvalue weighted by molar-refractivity contribution is 0.315. The first-order chi connectivity index (χ1) is 9.29. The first-order valence-corrected chi connectivity index (χ1v) is 7.77. The van der Waals surface area contributed by atoms with Gasteiger partial charge in [-0.25, -0.2) is 0 Å². The molecule has 0 radical (unpaired) electrons. The molecule has 0 amide bonds. The third-order valence-electron chi connectivity index (χ3n) is 3.42. The molecule has 0 aliphatic carbocycles. The average molecular weight is 279 g/mol. The van der Waals surface area contributed by atoms with Crippen molar-refractivity contribution in [1.29, 1.82) is 0 Å². The molecule has 0 saturated carbocycles. The maximum Gasteiger partial charge on any atom is 0.141 e. The van der Waals surface area contributed by atoms with E-state index in [0.29, 0.717) is 6.42 Å². The van der Waals surface area contributed by atoms with Crippen LogP contribution in [0.3, 0.4) is 0 Å². The highest BCUT2D eigenvalue weighted by Gasteiger charge is 2.19. The standard InChI is InChI=1S/C14H21N3OS/c15-14(17-18)8-13(12-4-2-1-3-5-12)16-9-11-6-7-19-10-11/h1-5,11,13,16,18H,6-10H2,(H2,15,17). The predicted molar refractivity (Wildman–Crippen MR) is 80.6 cm³/mol. The molecule has 1 aromatic rings. The van der Waals surface area contributed by atoms with E-state index in [1.54, 1.807) is 0 Å². The summed E-state index contributed by atoms with van der Waals surface area (Å²) in [6.45, 7) is 0.991. The third-order valence-corrected chi connectivity index (χ3v) is 4.65. The van der Waals surface area contributed by atoms with Crippen LogP contribution in [0.15, 0.2) is 35.5 Å². The highest BCUT2D eigenvalue weighted by molar-refractivity contribution is 7.99. The van der Waals surface area contributed by atoms with E-state index in [0.717, 1.165) is 12.5 Å². The lowest BCUT2D eigenvalue weighted by Crippen LogP contribution is -2.30. The SMILES string of the molecule is N/C(CC(NCC1CCSC1)c1ccccc1)=N/O. The van der Waals surface area contributed by atoms with Gasteiger partial charge < -0.3 is 16.3 Å². The fraction of sp³-hybridized carbons (Fsp3) is 0.500. The number of rotatable bonds is 6. The molecule has 4 N–H and O–H groups in total. The van der Waals surface area contributed by atoms with Crippen LogP contribution >= 0.6 is 11.8 Å². The summed E-state index contributed by atoms with van der Waals surface area (Å²) in [6.07, 6.45) is 1.81. The van der Waals surface area contributed by atoms with Gasteiger partial charge in [0.15, 0.2) is 0 Å². The third kappa shape index (κ3) is 4.44. The van der Waals surface area contributed by atoms with Gasteiger partial charge in [-0.1, -0.05) is 35.5 Å². The minimum absolute atomic E-state index is 0.114. The Morgan fingerprint density at radius 1 is 1.47 bits per heavy atom. The van der Waals surface area contributed by atoms with Crippen molar-refractivity contribution in [3.05, 3.63) is 35.9 Å². The second kappa shape index (κ2) is 7.40. The Hall–Kier alpha value is -1.20. The molecule has 0 spiro atoms. The Balaban J connectivity index is 1.97. The van der Waals surface area contributed by atoms with Crippen molar-refractivity contribution in [1.82, 2.24) is 5.32 Å². The van der Waals surface area contributed by atoms with Crippen molar-refractivity contribution < 1.29 is 5.21 Å². The number of amidine groups is 1. The first-order valence-electron chi connectivity index (χ1n) is 6.62. The van der Waals surface area contributed by atoms with Gasteiger partial charge >= 0.3 is 0 Å². The number of oxime groups is 1. The van der Waals surface area contributed by atoms with Crippen LogP contribution in [0.4, 0.5) is 0 Å². The van der Waals surface area contributed by atoms with Crippen molar-refractivity contribution in [3.63, 3.8) is 0 Å². The Kier molecular flexibility index (Phi) is 5.54. The molecule has 0 bridgehead atoms. The molecule has 1 aromatic carbocycles. The molecule has 2 rings (SSSR count). The predicted octanol–water partition coefficient (Wildman–Crippen LogP) is 2.21. The van der Waals surface area contributed by atoms with E-state index in [1.165, 1.54) is 23.5 Å². The van der Waals surface area contributed by atoms with Gasteiger partial charge in [0, 0.05) is 12.5 Å². The largest absolute Gasteiger partial charge is 0.409 e. The number of hydrogen-bond donors (Lipinski definition) is 3. The van der Waals surface area contributed by atoms with Crippen LogP contribution in [0, 0.1) is 5.92 Å². The molecule has 5 heteroatoms. The topological polar surface area (TPSA) is 70.6 Å². The lowest BCUT2D eigenvalue weighted by atomic mass is 10.0. The molecule has 19 heavy (non-hydrogen) atoms. The molecule has 2 unspecified atom stereocenters. The van der Waals surface area contributed by atoms with Gasteiger partial charge in [0.05, 0.1) is 0 Å². The van der Waals surface area contributed by atoms with Gasteiger partial charge in [0.1, 0.15) is 5.84 Å². The quantitative estimate of drug-likeness (QED) is 0.323. The van der Waals surface area contributed by atoms with Gasteiger partial charge in [0.2, 0.25) is 0 Å². The first kappa shape index (κ1) is 14.2. The molecule has 1 aliphatic heterocycles. The number of hydrogen-bond acceptors (Lipinski definition) is 4. The lowest BCUT2D eigenvalue weighted by Gasteiger charge is -2.20. The van der Waals surface area contributed by atoms with Gasteiger partial charge in [-0.15, -0.1) is 0 Å². The summed E-state index contributed by atoms with van der Waals surface area (Å²) >= 11 is 2.02. The maximum atomic E-state index is 8.74. The van der Waals surface area contributed by atoms with Crippen molar-refractivity contribution in [3.8, 4) is 0 Å². The molecule has 1 heterocycles. The average Bonchev–Trinajstić information content (AvgIpc) is 2.97. The highest BCUT2D eigenvalue weighted by Crippen LogP contribution is 2.24. The second-order valence-corrected chi connectivity index (χ2v) is 6.05. The summed E-state index contributed by atoms with van der Waals surface area (Å²) in [5, 5.41) is 15.4. The van der Waals surface area contributed by atoms with E-state index in [9.17, 15) is 0 Å². The summed E-state index contributed by atoms with van der Waals surface area (Å²) in [5.41, 5.74) is 6.83. The summed E-state index contributed by atoms with van der Waals surface area (Å²) in [7, 11) is 0. The molecular weight excluding hydrogens is 258 g/mol. The number of nitrogens with two attached hydrogens (primary N) is 1. The molecule has 1 saturated heterocycles. The Morgan fingerprint density at radius 2 is 2.26 bits per heavy atom. The summed E-state index contributed by atoms with van der Waals surface area (Å²) < 4.78 is 0. The second-order valence-electron chi connectivity index (χ2n) is 4.90. The summed E-state index contributed by atoms with van der Waals surface area (Å²) in [5.74, 6) is 3.51. The molecule has 104 valence electrons. The molecule has 1 aliphatic rings. The van der Waals surface area contributed by atoms with Crippen LogP contribution in [-0.2, 0) is 0 Å². The van der Waals surface area contributed by atoms with Crippen LogP contribution in [0.25, 0.3) is 0 Å². The number of thioether (sulfide) groups is 1. The van der Waals surface area contributed by atoms with Crippen LogP contribution in [-0.4, -0.2) is 29.1 Å². The van der Waals surface area contributed by atoms with Gasteiger partial charge in [0.25, 0.3) is 0 Å². The molecule has 4 nitrogen and oxygen atoms in total. The normalized spacial score (nSPS) is 21.5. The van der Waals surface area contributed by atoms with Crippen molar-refractivity contribution in [2.75, 3.05) is 18.1 Å². The fourth-order valence-corrected chi connectivity index (χ4v) is 3.58. The zero-order valence-corrected chi connectivity index (χ0v) is 11.8. The zero-order valence-electron chi connectivity index (χ0n) is 11.0. The maximum absolute atomic E-state index is 8.74.